The number of hydrogen-bond acceptors (Lipinski definition) is 4. The van der Waals surface area contributed by atoms with Crippen molar-refractivity contribution in [3.8, 4) is 0 Å². The van der Waals surface area contributed by atoms with E-state index < -0.39 is 25.4 Å². The van der Waals surface area contributed by atoms with Crippen LogP contribution in [-0.2, 0) is 17.1 Å². The van der Waals surface area contributed by atoms with Crippen LogP contribution in [0.25, 0.3) is 0 Å². The first kappa shape index (κ1) is 12.1. The topological polar surface area (TPSA) is 80.9 Å². The monoisotopic (exact) mass is 178 g/mol. The fraction of sp³-hybridized carbons (Fsp3) is 1.00. The Bertz CT molecular complexity index is 52.5. The molecule has 4 nitrogen and oxygen atoms in total. The molecule has 0 spiro atoms. The summed E-state index contributed by atoms with van der Waals surface area (Å²) in [6.07, 6.45) is -2.44. The molecular weight excluding hydrogens is 168 g/mol. The molecule has 0 aliphatic carbocycles. The van der Waals surface area contributed by atoms with Crippen molar-refractivity contribution in [2.75, 3.05) is 13.2 Å². The fourth-order valence-corrected chi connectivity index (χ4v) is 0.243. The van der Waals surface area contributed by atoms with Gasteiger partial charge in [-0.25, -0.2) is 0 Å². The van der Waals surface area contributed by atoms with Crippen LogP contribution >= 0.6 is 0 Å². The van der Waals surface area contributed by atoms with Crippen LogP contribution in [0.2, 0.25) is 0 Å². The molecule has 4 N–H and O–H groups in total. The summed E-state index contributed by atoms with van der Waals surface area (Å²) < 4.78 is 0. The van der Waals surface area contributed by atoms with Gasteiger partial charge in [-0.15, -0.1) is 0 Å². The first-order valence-electron chi connectivity index (χ1n) is 2.30. The third-order valence-electron chi connectivity index (χ3n) is 0.818. The molecule has 0 amide bonds. The zero-order valence-corrected chi connectivity index (χ0v) is 5.82. The molecule has 0 saturated carbocycles. The predicted octanol–water partition coefficient (Wildman–Crippen LogP) is -2.31. The van der Waals surface area contributed by atoms with E-state index in [2.05, 4.69) is 0 Å². The van der Waals surface area contributed by atoms with Gasteiger partial charge in [-0.05, 0) is 0 Å². The average Bonchev–Trinajstić information content (AvgIpc) is 1.84. The maximum Gasteiger partial charge on any atom is 0.105 e. The van der Waals surface area contributed by atoms with Gasteiger partial charge in [0.25, 0.3) is 0 Å². The van der Waals surface area contributed by atoms with Crippen molar-refractivity contribution in [1.82, 2.24) is 0 Å². The quantitative estimate of drug-likeness (QED) is 0.366. The van der Waals surface area contributed by atoms with Gasteiger partial charge in [-0.2, -0.15) is 0 Å². The number of hydrogen-bond donors (Lipinski definition) is 4. The van der Waals surface area contributed by atoms with E-state index in [0.29, 0.717) is 0 Å². The Hall–Kier alpha value is 0.359. The van der Waals surface area contributed by atoms with E-state index in [-0.39, 0.29) is 17.1 Å². The van der Waals surface area contributed by atoms with E-state index >= 15 is 0 Å². The summed E-state index contributed by atoms with van der Waals surface area (Å²) in [6, 6.07) is 0. The second-order valence-corrected chi connectivity index (χ2v) is 1.50. The fourth-order valence-electron chi connectivity index (χ4n) is 0.243. The van der Waals surface area contributed by atoms with Gasteiger partial charge in [0.2, 0.25) is 0 Å². The van der Waals surface area contributed by atoms with Crippen LogP contribution < -0.4 is 0 Å². The number of rotatable bonds is 3. The van der Waals surface area contributed by atoms with Gasteiger partial charge in [0.05, 0.1) is 13.2 Å². The van der Waals surface area contributed by atoms with Crippen molar-refractivity contribution < 1.29 is 37.5 Å². The molecule has 58 valence electrons. The van der Waals surface area contributed by atoms with Crippen molar-refractivity contribution in [1.29, 1.82) is 0 Å². The molecule has 0 aromatic carbocycles. The predicted molar refractivity (Wildman–Crippen MR) is 26.2 cm³/mol. The van der Waals surface area contributed by atoms with Crippen molar-refractivity contribution in [3.63, 3.8) is 0 Å². The standard InChI is InChI=1S/C4H10O4.Fe/c5-1-3(7)4(8)2-6;/h3-8H,1-2H2;/t3-,4+;. The smallest absolute Gasteiger partial charge is 0.105 e. The Morgan fingerprint density at radius 3 is 1.22 bits per heavy atom. The van der Waals surface area contributed by atoms with E-state index in [1.165, 1.54) is 0 Å². The summed E-state index contributed by atoms with van der Waals surface area (Å²) in [5.74, 6) is 0. The molecule has 0 bridgehead atoms. The Morgan fingerprint density at radius 1 is 0.889 bits per heavy atom. The summed E-state index contributed by atoms with van der Waals surface area (Å²) in [5, 5.41) is 33.2. The van der Waals surface area contributed by atoms with Gasteiger partial charge >= 0.3 is 0 Å². The van der Waals surface area contributed by atoms with Crippen LogP contribution in [0.4, 0.5) is 0 Å². The summed E-state index contributed by atoms with van der Waals surface area (Å²) in [7, 11) is 0. The minimum Gasteiger partial charge on any atom is -0.394 e. The van der Waals surface area contributed by atoms with Gasteiger partial charge in [-0.3, -0.25) is 0 Å². The second-order valence-electron chi connectivity index (χ2n) is 1.50. The molecule has 0 fully saturated rings. The SMILES string of the molecule is OC[C@@H](O)[C@@H](O)CO.[Fe]. The van der Waals surface area contributed by atoms with Crippen molar-refractivity contribution >= 4 is 0 Å². The number of aliphatic hydroxyl groups excluding tert-OH is 4. The van der Waals surface area contributed by atoms with Crippen molar-refractivity contribution in [2.24, 2.45) is 0 Å². The van der Waals surface area contributed by atoms with Crippen molar-refractivity contribution in [3.05, 3.63) is 0 Å². The Morgan fingerprint density at radius 2 is 1.11 bits per heavy atom. The van der Waals surface area contributed by atoms with Crippen LogP contribution in [0.15, 0.2) is 0 Å². The normalized spacial score (nSPS) is 16.0. The van der Waals surface area contributed by atoms with Crippen LogP contribution in [-0.4, -0.2) is 45.8 Å². The van der Waals surface area contributed by atoms with E-state index in [0.717, 1.165) is 0 Å². The minimum atomic E-state index is -1.22. The van der Waals surface area contributed by atoms with Gasteiger partial charge in [0.1, 0.15) is 12.2 Å². The van der Waals surface area contributed by atoms with E-state index in [1.807, 2.05) is 0 Å². The first-order chi connectivity index (χ1) is 3.72. The molecule has 9 heavy (non-hydrogen) atoms. The van der Waals surface area contributed by atoms with Crippen LogP contribution in [0.3, 0.4) is 0 Å². The Balaban J connectivity index is 0. The van der Waals surface area contributed by atoms with Gasteiger partial charge in [-0.1, -0.05) is 0 Å². The van der Waals surface area contributed by atoms with E-state index in [4.69, 9.17) is 20.4 Å². The molecule has 0 rings (SSSR count). The number of aliphatic hydroxyl groups is 4. The average molecular weight is 178 g/mol. The van der Waals surface area contributed by atoms with Crippen molar-refractivity contribution in [2.45, 2.75) is 12.2 Å². The molecule has 0 aliphatic rings. The Kier molecular flexibility index (Phi) is 8.69. The molecule has 0 aromatic heterocycles. The van der Waals surface area contributed by atoms with Gasteiger partial charge in [0.15, 0.2) is 0 Å². The van der Waals surface area contributed by atoms with Crippen LogP contribution in [0.1, 0.15) is 0 Å². The van der Waals surface area contributed by atoms with E-state index in [1.54, 1.807) is 0 Å². The van der Waals surface area contributed by atoms with Gasteiger partial charge in [0, 0.05) is 17.1 Å². The molecule has 5 heteroatoms. The molecular formula is C4H10FeO4. The second kappa shape index (κ2) is 6.48. The molecule has 0 heterocycles. The van der Waals surface area contributed by atoms with Crippen LogP contribution in [0, 0.1) is 0 Å². The Labute approximate surface area is 63.6 Å². The van der Waals surface area contributed by atoms with Crippen LogP contribution in [0.5, 0.6) is 0 Å². The maximum atomic E-state index is 8.47. The largest absolute Gasteiger partial charge is 0.394 e. The third kappa shape index (κ3) is 4.84. The summed E-state index contributed by atoms with van der Waals surface area (Å²) in [6.45, 7) is -1.05. The maximum absolute atomic E-state index is 8.47. The zero-order valence-electron chi connectivity index (χ0n) is 4.71. The summed E-state index contributed by atoms with van der Waals surface area (Å²) in [4.78, 5) is 0. The molecule has 0 unspecified atom stereocenters. The molecule has 0 saturated heterocycles. The molecule has 2 atom stereocenters. The van der Waals surface area contributed by atoms with E-state index in [9.17, 15) is 0 Å². The summed E-state index contributed by atoms with van der Waals surface area (Å²) >= 11 is 0. The minimum absolute atomic E-state index is 0. The molecule has 0 aromatic rings. The molecule has 0 aliphatic heterocycles. The third-order valence-corrected chi connectivity index (χ3v) is 0.818. The van der Waals surface area contributed by atoms with Gasteiger partial charge < -0.3 is 20.4 Å². The zero-order chi connectivity index (χ0) is 6.57. The summed E-state index contributed by atoms with van der Waals surface area (Å²) in [5.41, 5.74) is 0. The first-order valence-corrected chi connectivity index (χ1v) is 2.30. The molecule has 0 radical (unpaired) electrons.